The van der Waals surface area contributed by atoms with Crippen molar-refractivity contribution in [3.05, 3.63) is 35.8 Å². The van der Waals surface area contributed by atoms with E-state index in [-0.39, 0.29) is 13.5 Å². The number of rotatable bonds is 15. The Hall–Kier alpha value is -1.70. The monoisotopic (exact) mass is 497 g/mol. The molecule has 2 heterocycles. The normalized spacial score (nSPS) is 11.1. The molecule has 32 heavy (non-hydrogen) atoms. The van der Waals surface area contributed by atoms with Crippen molar-refractivity contribution in [2.45, 2.75) is 70.5 Å². The third kappa shape index (κ3) is 9.04. The molecule has 2 aromatic rings. The van der Waals surface area contributed by atoms with Crippen molar-refractivity contribution in [3.63, 3.8) is 0 Å². The van der Waals surface area contributed by atoms with Crippen LogP contribution in [0.25, 0.3) is 0 Å². The number of unbranched alkanes of at least 4 members (excludes halogenated alkanes) is 4. The number of nitriles is 1. The molecular weight excluding hydrogens is 462 g/mol. The first kappa shape index (κ1) is 28.3. The van der Waals surface area contributed by atoms with Crippen LogP contribution in [-0.2, 0) is 11.2 Å². The van der Waals surface area contributed by atoms with Gasteiger partial charge in [0, 0.05) is 30.3 Å². The van der Waals surface area contributed by atoms with Gasteiger partial charge in [-0.25, -0.2) is 9.07 Å². The molecule has 0 spiro atoms. The molecule has 0 fully saturated rings. The van der Waals surface area contributed by atoms with Gasteiger partial charge in [-0.1, -0.05) is 43.4 Å². The molecule has 0 aliphatic carbocycles. The Morgan fingerprint density at radius 3 is 2.62 bits per heavy atom. The number of nitrogens with zero attached hydrogens (tertiary/aromatic N) is 4. The van der Waals surface area contributed by atoms with E-state index in [4.69, 9.17) is 0 Å². The van der Waals surface area contributed by atoms with Crippen LogP contribution in [0.1, 0.15) is 70.6 Å². The summed E-state index contributed by atoms with van der Waals surface area (Å²) in [6, 6.07) is 5.90. The fourth-order valence-electron chi connectivity index (χ4n) is 3.03. The molecule has 0 amide bonds. The van der Waals surface area contributed by atoms with Crippen LogP contribution in [0.5, 0.6) is 0 Å². The largest absolute Gasteiger partial charge is 0.480 e. The average Bonchev–Trinajstić information content (AvgIpc) is 2.72. The molecule has 2 rings (SSSR count). The minimum absolute atomic E-state index is 0. The molecule has 0 aliphatic heterocycles. The SMILES string of the molecule is CCCCCCCN(CCCc1cn(SSC(C)(C)C(=O)O)[nH]1)c1ncccc1C#N.S. The number of H-pyrrole nitrogens is 1. The number of nitrogens with one attached hydrogen (secondary N) is 1. The molecule has 0 saturated heterocycles. The summed E-state index contributed by atoms with van der Waals surface area (Å²) < 4.78 is 0.997. The number of aliphatic carboxylic acids is 1. The quantitative estimate of drug-likeness (QED) is 0.244. The van der Waals surface area contributed by atoms with E-state index >= 15 is 0 Å². The first-order chi connectivity index (χ1) is 14.9. The molecule has 0 atom stereocenters. The maximum atomic E-state index is 11.2. The lowest BCUT2D eigenvalue weighted by atomic mass is 10.1. The predicted molar refractivity (Wildman–Crippen MR) is 140 cm³/mol. The number of aryl methyl sites for hydroxylation is 1. The predicted octanol–water partition coefficient (Wildman–Crippen LogP) is 5.61. The smallest absolute Gasteiger partial charge is 0.320 e. The molecular formula is C22H35N5O2S3. The summed E-state index contributed by atoms with van der Waals surface area (Å²) in [4.78, 5) is 17.9. The Bertz CT molecular complexity index is 848. The van der Waals surface area contributed by atoms with Crippen LogP contribution in [0.2, 0.25) is 0 Å². The molecule has 0 unspecified atom stereocenters. The van der Waals surface area contributed by atoms with Gasteiger partial charge in [-0.3, -0.25) is 9.89 Å². The Balaban J connectivity index is 0.00000512. The van der Waals surface area contributed by atoms with Crippen LogP contribution in [0.15, 0.2) is 24.5 Å². The van der Waals surface area contributed by atoms with Gasteiger partial charge in [0.1, 0.15) is 16.6 Å². The first-order valence-corrected chi connectivity index (χ1v) is 12.9. The highest BCUT2D eigenvalue weighted by molar-refractivity contribution is 8.76. The van der Waals surface area contributed by atoms with Crippen molar-refractivity contribution in [2.75, 3.05) is 18.0 Å². The van der Waals surface area contributed by atoms with Crippen molar-refractivity contribution in [1.29, 1.82) is 5.26 Å². The number of pyridine rings is 1. The molecule has 0 bridgehead atoms. The molecule has 0 saturated carbocycles. The molecule has 0 radical (unpaired) electrons. The van der Waals surface area contributed by atoms with E-state index in [0.717, 1.165) is 43.9 Å². The van der Waals surface area contributed by atoms with Gasteiger partial charge in [0.05, 0.1) is 17.5 Å². The maximum Gasteiger partial charge on any atom is 0.320 e. The highest BCUT2D eigenvalue weighted by Gasteiger charge is 2.29. The van der Waals surface area contributed by atoms with E-state index < -0.39 is 10.7 Å². The van der Waals surface area contributed by atoms with E-state index in [0.29, 0.717) is 5.56 Å². The molecule has 10 heteroatoms. The van der Waals surface area contributed by atoms with Crippen LogP contribution >= 0.6 is 35.3 Å². The summed E-state index contributed by atoms with van der Waals surface area (Å²) in [6.45, 7) is 7.36. The van der Waals surface area contributed by atoms with Crippen molar-refractivity contribution >= 4 is 47.1 Å². The number of aromatic amines is 1. The van der Waals surface area contributed by atoms with Crippen LogP contribution in [0.4, 0.5) is 5.82 Å². The molecule has 0 aliphatic rings. The summed E-state index contributed by atoms with van der Waals surface area (Å²) in [5.74, 6) is -0.0451. The summed E-state index contributed by atoms with van der Waals surface area (Å²) in [7, 11) is 2.69. The highest BCUT2D eigenvalue weighted by atomic mass is 33.1. The lowest BCUT2D eigenvalue weighted by Crippen LogP contribution is -2.28. The second-order valence-electron chi connectivity index (χ2n) is 8.06. The summed E-state index contributed by atoms with van der Waals surface area (Å²) in [6.07, 6.45) is 11.6. The lowest BCUT2D eigenvalue weighted by Gasteiger charge is -2.25. The van der Waals surface area contributed by atoms with Gasteiger partial charge in [-0.05, 0) is 45.2 Å². The van der Waals surface area contributed by atoms with Crippen LogP contribution in [0.3, 0.4) is 0 Å². The van der Waals surface area contributed by atoms with Gasteiger partial charge in [0.2, 0.25) is 0 Å². The van der Waals surface area contributed by atoms with E-state index in [2.05, 4.69) is 28.0 Å². The Kier molecular flexibility index (Phi) is 12.8. The van der Waals surface area contributed by atoms with Gasteiger partial charge in [-0.15, -0.1) is 0 Å². The summed E-state index contributed by atoms with van der Waals surface area (Å²) >= 11 is 0. The number of anilines is 1. The summed E-state index contributed by atoms with van der Waals surface area (Å²) in [5, 5.41) is 21.9. The minimum atomic E-state index is -0.839. The lowest BCUT2D eigenvalue weighted by molar-refractivity contribution is -0.138. The Labute approximate surface area is 206 Å². The Morgan fingerprint density at radius 1 is 1.28 bits per heavy atom. The number of hydrogen-bond acceptors (Lipinski definition) is 6. The van der Waals surface area contributed by atoms with Crippen molar-refractivity contribution in [1.82, 2.24) is 14.2 Å². The first-order valence-electron chi connectivity index (χ1n) is 10.8. The van der Waals surface area contributed by atoms with Crippen LogP contribution in [0, 0.1) is 11.3 Å². The second kappa shape index (κ2) is 14.4. The van der Waals surface area contributed by atoms with Gasteiger partial charge in [0.15, 0.2) is 0 Å². The number of hydrogen-bond donors (Lipinski definition) is 2. The zero-order chi connectivity index (χ0) is 22.7. The topological polar surface area (TPSA) is 97.9 Å². The maximum absolute atomic E-state index is 11.2. The number of aromatic nitrogens is 3. The van der Waals surface area contributed by atoms with E-state index in [1.165, 1.54) is 47.5 Å². The van der Waals surface area contributed by atoms with Crippen molar-refractivity contribution in [2.24, 2.45) is 0 Å². The zero-order valence-electron chi connectivity index (χ0n) is 19.1. The molecule has 178 valence electrons. The third-order valence-corrected chi connectivity index (χ3v) is 7.96. The fraction of sp³-hybridized carbons (Fsp3) is 0.591. The van der Waals surface area contributed by atoms with Gasteiger partial charge < -0.3 is 10.0 Å². The van der Waals surface area contributed by atoms with E-state index in [1.54, 1.807) is 26.1 Å². The second-order valence-corrected chi connectivity index (χ2v) is 10.7. The standard InChI is InChI=1S/C22H33N5O2S2.H2S/c1-4-5-6-7-8-14-26(20-18(16-23)11-9-13-24-20)15-10-12-19-17-27(25-19)31-30-22(2,3)21(28)29;/h9,11,13,17,25H,4-8,10,12,14-15H2,1-3H3,(H,28,29);1H2. The van der Waals surface area contributed by atoms with Crippen molar-refractivity contribution in [3.8, 4) is 6.07 Å². The van der Waals surface area contributed by atoms with Gasteiger partial charge >= 0.3 is 5.97 Å². The van der Waals surface area contributed by atoms with Crippen molar-refractivity contribution < 1.29 is 9.90 Å². The molecule has 2 N–H and O–H groups in total. The average molecular weight is 498 g/mol. The number of carboxylic acids is 1. The molecule has 7 nitrogen and oxygen atoms in total. The van der Waals surface area contributed by atoms with E-state index in [9.17, 15) is 15.2 Å². The molecule has 2 aromatic heterocycles. The van der Waals surface area contributed by atoms with Gasteiger partial charge in [-0.2, -0.15) is 18.8 Å². The van der Waals surface area contributed by atoms with Crippen LogP contribution in [-0.4, -0.2) is 43.1 Å². The van der Waals surface area contributed by atoms with Gasteiger partial charge in [0.25, 0.3) is 0 Å². The zero-order valence-corrected chi connectivity index (χ0v) is 21.8. The Morgan fingerprint density at radius 2 is 1.97 bits per heavy atom. The molecule has 0 aromatic carbocycles. The fourth-order valence-corrected chi connectivity index (χ4v) is 4.95. The number of carboxylic acid groups (broad SMARTS) is 1. The highest BCUT2D eigenvalue weighted by Crippen LogP contribution is 2.36. The van der Waals surface area contributed by atoms with E-state index in [1.807, 2.05) is 16.4 Å². The third-order valence-electron chi connectivity index (χ3n) is 4.98. The van der Waals surface area contributed by atoms with Crippen LogP contribution < -0.4 is 4.90 Å². The minimum Gasteiger partial charge on any atom is -0.480 e. The summed E-state index contributed by atoms with van der Waals surface area (Å²) in [5.41, 5.74) is 1.75. The number of carbonyl (C=O) groups is 1.